The number of thiophene rings is 1. The topological polar surface area (TPSA) is 72.2 Å². The highest BCUT2D eigenvalue weighted by atomic mass is 35.5. The first-order chi connectivity index (χ1) is 18.2. The standard InChI is InChI=1S/C26H23ClF3N5O2S/c27-16-8-15-2-1-6-34(17-11-31-12-17)23(15)20(9-16)19-3-5-32-21-10-18(38-24(19)21)13-35-22(36)4-7-33(25(35)37)14-26(28,29)30/h3-5,7-10,17,31H,1-2,6,11-14H2. The predicted octanol–water partition coefficient (Wildman–Crippen LogP) is 4.28. The Kier molecular flexibility index (Phi) is 6.32. The van der Waals surface area contributed by atoms with Crippen LogP contribution in [-0.2, 0) is 19.5 Å². The summed E-state index contributed by atoms with van der Waals surface area (Å²) in [7, 11) is 0. The highest BCUT2D eigenvalue weighted by Crippen LogP contribution is 2.44. The summed E-state index contributed by atoms with van der Waals surface area (Å²) in [6, 6.07) is 9.11. The molecule has 7 nitrogen and oxygen atoms in total. The number of aromatic nitrogens is 3. The average Bonchev–Trinajstić information content (AvgIpc) is 3.24. The van der Waals surface area contributed by atoms with Gasteiger partial charge in [-0.1, -0.05) is 11.6 Å². The van der Waals surface area contributed by atoms with E-state index in [0.29, 0.717) is 26.0 Å². The quantitative estimate of drug-likeness (QED) is 0.394. The van der Waals surface area contributed by atoms with Crippen molar-refractivity contribution >= 4 is 38.8 Å². The van der Waals surface area contributed by atoms with Gasteiger partial charge in [-0.25, -0.2) is 4.79 Å². The van der Waals surface area contributed by atoms with E-state index in [4.69, 9.17) is 11.6 Å². The van der Waals surface area contributed by atoms with Crippen molar-refractivity contribution in [3.8, 4) is 11.1 Å². The molecular formula is C26H23ClF3N5O2S. The number of nitrogens with zero attached hydrogens (tertiary/aromatic N) is 4. The number of hydrogen-bond donors (Lipinski definition) is 1. The molecule has 0 radical (unpaired) electrons. The summed E-state index contributed by atoms with van der Waals surface area (Å²) in [4.78, 5) is 32.7. The molecule has 5 heterocycles. The van der Waals surface area contributed by atoms with E-state index >= 15 is 0 Å². The van der Waals surface area contributed by atoms with Crippen molar-refractivity contribution < 1.29 is 13.2 Å². The second kappa shape index (κ2) is 9.55. The normalized spacial score (nSPS) is 16.1. The number of rotatable bonds is 5. The highest BCUT2D eigenvalue weighted by Gasteiger charge is 2.32. The molecule has 12 heteroatoms. The van der Waals surface area contributed by atoms with Crippen molar-refractivity contribution in [1.29, 1.82) is 0 Å². The van der Waals surface area contributed by atoms with Crippen LogP contribution in [0.5, 0.6) is 0 Å². The number of aryl methyl sites for hydroxylation is 1. The van der Waals surface area contributed by atoms with Gasteiger partial charge in [0.05, 0.1) is 22.8 Å². The van der Waals surface area contributed by atoms with E-state index in [2.05, 4.69) is 15.2 Å². The van der Waals surface area contributed by atoms with E-state index in [1.165, 1.54) is 22.6 Å². The molecule has 1 saturated heterocycles. The van der Waals surface area contributed by atoms with Crippen LogP contribution in [0.1, 0.15) is 16.9 Å². The maximum atomic E-state index is 12.9. The summed E-state index contributed by atoms with van der Waals surface area (Å²) >= 11 is 7.94. The molecule has 1 aromatic carbocycles. The van der Waals surface area contributed by atoms with E-state index in [-0.39, 0.29) is 6.54 Å². The lowest BCUT2D eigenvalue weighted by molar-refractivity contribution is -0.141. The van der Waals surface area contributed by atoms with Gasteiger partial charge in [0.15, 0.2) is 0 Å². The molecule has 198 valence electrons. The first-order valence-electron chi connectivity index (χ1n) is 12.2. The van der Waals surface area contributed by atoms with Crippen LogP contribution in [0.25, 0.3) is 21.3 Å². The molecule has 2 aliphatic rings. The summed E-state index contributed by atoms with van der Waals surface area (Å²) in [5.74, 6) is 0. The van der Waals surface area contributed by atoms with E-state index in [1.807, 2.05) is 18.2 Å². The average molecular weight is 562 g/mol. The molecular weight excluding hydrogens is 539 g/mol. The minimum Gasteiger partial charge on any atom is -0.365 e. The van der Waals surface area contributed by atoms with Crippen molar-refractivity contribution in [1.82, 2.24) is 19.4 Å². The molecule has 0 saturated carbocycles. The second-order valence-corrected chi connectivity index (χ2v) is 11.2. The SMILES string of the molecule is O=c1ccn(CC(F)(F)F)c(=O)n1Cc1cc2nccc(-c3cc(Cl)cc4c3N(C3CNC3)CCC4)c2s1. The Labute approximate surface area is 224 Å². The van der Waals surface area contributed by atoms with Gasteiger partial charge in [0.25, 0.3) is 5.56 Å². The minimum absolute atomic E-state index is 0.148. The van der Waals surface area contributed by atoms with E-state index in [1.54, 1.807) is 12.3 Å². The number of benzene rings is 1. The molecule has 0 spiro atoms. The molecule has 0 atom stereocenters. The summed E-state index contributed by atoms with van der Waals surface area (Å²) < 4.78 is 40.9. The molecule has 2 aliphatic heterocycles. The summed E-state index contributed by atoms with van der Waals surface area (Å²) in [6.07, 6.45) is -0.00205. The van der Waals surface area contributed by atoms with Gasteiger partial charge < -0.3 is 10.2 Å². The third kappa shape index (κ3) is 4.63. The Morgan fingerprint density at radius 2 is 1.95 bits per heavy atom. The number of hydrogen-bond acceptors (Lipinski definition) is 6. The van der Waals surface area contributed by atoms with Crippen LogP contribution in [0.4, 0.5) is 18.9 Å². The number of pyridine rings is 1. The van der Waals surface area contributed by atoms with Gasteiger partial charge in [-0.05, 0) is 42.7 Å². The second-order valence-electron chi connectivity index (χ2n) is 9.62. The van der Waals surface area contributed by atoms with Crippen LogP contribution in [0.2, 0.25) is 5.02 Å². The Morgan fingerprint density at radius 3 is 2.68 bits per heavy atom. The van der Waals surface area contributed by atoms with E-state index in [0.717, 1.165) is 65.1 Å². The lowest BCUT2D eigenvalue weighted by atomic mass is 9.92. The largest absolute Gasteiger partial charge is 0.406 e. The third-order valence-electron chi connectivity index (χ3n) is 7.04. The summed E-state index contributed by atoms with van der Waals surface area (Å²) in [5.41, 5.74) is 3.34. The smallest absolute Gasteiger partial charge is 0.365 e. The van der Waals surface area contributed by atoms with Gasteiger partial charge in [-0.15, -0.1) is 11.3 Å². The van der Waals surface area contributed by atoms with Gasteiger partial charge in [0.2, 0.25) is 0 Å². The van der Waals surface area contributed by atoms with Crippen LogP contribution in [0, 0.1) is 0 Å². The van der Waals surface area contributed by atoms with Crippen LogP contribution < -0.4 is 21.5 Å². The predicted molar refractivity (Wildman–Crippen MR) is 143 cm³/mol. The van der Waals surface area contributed by atoms with Crippen molar-refractivity contribution in [2.45, 2.75) is 38.1 Å². The van der Waals surface area contributed by atoms with Gasteiger partial charge in [0.1, 0.15) is 6.54 Å². The molecule has 3 aromatic heterocycles. The van der Waals surface area contributed by atoms with Crippen molar-refractivity contribution in [2.75, 3.05) is 24.5 Å². The third-order valence-corrected chi connectivity index (χ3v) is 8.40. The molecule has 1 fully saturated rings. The highest BCUT2D eigenvalue weighted by molar-refractivity contribution is 7.19. The van der Waals surface area contributed by atoms with E-state index < -0.39 is 24.0 Å². The molecule has 38 heavy (non-hydrogen) atoms. The molecule has 1 N–H and O–H groups in total. The maximum absolute atomic E-state index is 12.9. The van der Waals surface area contributed by atoms with Crippen LogP contribution in [-0.4, -0.2) is 46.0 Å². The molecule has 0 aliphatic carbocycles. The first kappa shape index (κ1) is 25.1. The van der Waals surface area contributed by atoms with Crippen LogP contribution in [0.3, 0.4) is 0 Å². The summed E-state index contributed by atoms with van der Waals surface area (Å²) in [6.45, 7) is 1.20. The Morgan fingerprint density at radius 1 is 1.13 bits per heavy atom. The van der Waals surface area contributed by atoms with Crippen molar-refractivity contribution in [2.24, 2.45) is 0 Å². The lowest BCUT2D eigenvalue weighted by Crippen LogP contribution is -2.58. The Balaban J connectivity index is 1.44. The number of nitrogens with one attached hydrogen (secondary N) is 1. The minimum atomic E-state index is -4.58. The fourth-order valence-electron chi connectivity index (χ4n) is 5.25. The lowest BCUT2D eigenvalue weighted by Gasteiger charge is -2.44. The monoisotopic (exact) mass is 561 g/mol. The number of alkyl halides is 3. The Bertz CT molecular complexity index is 1660. The molecule has 0 unspecified atom stereocenters. The Hall–Kier alpha value is -3.15. The van der Waals surface area contributed by atoms with Crippen molar-refractivity contribution in [3.05, 3.63) is 79.0 Å². The number of halogens is 4. The van der Waals surface area contributed by atoms with E-state index in [9.17, 15) is 22.8 Å². The van der Waals surface area contributed by atoms with Crippen molar-refractivity contribution in [3.63, 3.8) is 0 Å². The van der Waals surface area contributed by atoms with Crippen LogP contribution in [0.15, 0.2) is 52.3 Å². The molecule has 6 rings (SSSR count). The van der Waals surface area contributed by atoms with Gasteiger partial charge >= 0.3 is 11.9 Å². The van der Waals surface area contributed by atoms with Gasteiger partial charge in [-0.2, -0.15) is 13.2 Å². The van der Waals surface area contributed by atoms with Gasteiger partial charge in [0, 0.05) is 64.8 Å². The zero-order valence-corrected chi connectivity index (χ0v) is 21.7. The molecule has 0 bridgehead atoms. The molecule has 0 amide bonds. The fourth-order valence-corrected chi connectivity index (χ4v) is 6.62. The zero-order valence-electron chi connectivity index (χ0n) is 20.1. The zero-order chi connectivity index (χ0) is 26.6. The first-order valence-corrected chi connectivity index (χ1v) is 13.4. The number of anilines is 1. The fraction of sp³-hybridized carbons (Fsp3) is 0.346. The maximum Gasteiger partial charge on any atom is 0.406 e. The molecule has 4 aromatic rings. The van der Waals surface area contributed by atoms with Crippen LogP contribution >= 0.6 is 22.9 Å². The number of fused-ring (bicyclic) bond motifs is 2. The summed E-state index contributed by atoms with van der Waals surface area (Å²) in [5, 5.41) is 4.00. The van der Waals surface area contributed by atoms with Gasteiger partial charge in [-0.3, -0.25) is 18.9 Å².